The molecule has 116 valence electrons. The van der Waals surface area contributed by atoms with Gasteiger partial charge in [-0.3, -0.25) is 4.79 Å². The molecule has 1 aliphatic heterocycles. The first-order valence-corrected chi connectivity index (χ1v) is 8.80. The minimum Gasteiger partial charge on any atom is -0.338 e. The fraction of sp³-hybridized carbons (Fsp3) is 0.444. The molecule has 0 N–H and O–H groups in total. The molecule has 1 aromatic carbocycles. The number of hydrogen-bond acceptors (Lipinski definition) is 3. The van der Waals surface area contributed by atoms with Crippen LogP contribution in [0.2, 0.25) is 0 Å². The molecule has 1 aliphatic rings. The van der Waals surface area contributed by atoms with E-state index in [9.17, 15) is 4.79 Å². The van der Waals surface area contributed by atoms with Gasteiger partial charge in [-0.15, -0.1) is 11.3 Å². The van der Waals surface area contributed by atoms with Crippen molar-refractivity contribution in [2.24, 2.45) is 0 Å². The van der Waals surface area contributed by atoms with Crippen molar-refractivity contribution in [1.82, 2.24) is 9.88 Å². The van der Waals surface area contributed by atoms with Gasteiger partial charge in [0.1, 0.15) is 0 Å². The summed E-state index contributed by atoms with van der Waals surface area (Å²) in [5.41, 5.74) is 3.81. The summed E-state index contributed by atoms with van der Waals surface area (Å²) in [6.45, 7) is 5.89. The van der Waals surface area contributed by atoms with Crippen molar-refractivity contribution in [2.45, 2.75) is 45.6 Å². The van der Waals surface area contributed by atoms with Gasteiger partial charge in [0, 0.05) is 31.3 Å². The number of amides is 1. The van der Waals surface area contributed by atoms with Crippen LogP contribution < -0.4 is 0 Å². The van der Waals surface area contributed by atoms with Crippen molar-refractivity contribution in [1.29, 1.82) is 0 Å². The van der Waals surface area contributed by atoms with Crippen molar-refractivity contribution >= 4 is 17.2 Å². The van der Waals surface area contributed by atoms with Gasteiger partial charge in [0.25, 0.3) is 0 Å². The Hall–Kier alpha value is -1.68. The summed E-state index contributed by atoms with van der Waals surface area (Å²) in [6.07, 6.45) is 2.29. The zero-order chi connectivity index (χ0) is 15.5. The number of hydrogen-bond donors (Lipinski definition) is 0. The average Bonchev–Trinajstić information content (AvgIpc) is 3.01. The summed E-state index contributed by atoms with van der Waals surface area (Å²) < 4.78 is 0. The zero-order valence-electron chi connectivity index (χ0n) is 13.2. The second-order valence-corrected chi connectivity index (χ2v) is 7.10. The molecule has 1 aromatic heterocycles. The molecule has 4 heteroatoms. The van der Waals surface area contributed by atoms with Gasteiger partial charge in [-0.2, -0.15) is 0 Å². The molecule has 3 nitrogen and oxygen atoms in total. The molecule has 0 radical (unpaired) electrons. The number of carbonyl (C=O) groups excluding carboxylic acids is 1. The number of rotatable bonds is 4. The summed E-state index contributed by atoms with van der Waals surface area (Å²) in [6, 6.07) is 8.42. The van der Waals surface area contributed by atoms with Crippen LogP contribution in [0.25, 0.3) is 0 Å². The van der Waals surface area contributed by atoms with Crippen LogP contribution in [0.15, 0.2) is 29.6 Å². The number of aromatic nitrogens is 1. The van der Waals surface area contributed by atoms with E-state index in [-0.39, 0.29) is 5.91 Å². The molecule has 0 bridgehead atoms. The lowest BCUT2D eigenvalue weighted by atomic mass is 9.99. The molecule has 3 rings (SSSR count). The van der Waals surface area contributed by atoms with Crippen LogP contribution in [0.1, 0.15) is 48.0 Å². The number of nitrogens with zero attached hydrogens (tertiary/aromatic N) is 2. The molecule has 2 aromatic rings. The van der Waals surface area contributed by atoms with E-state index in [1.165, 1.54) is 11.1 Å². The molecule has 0 unspecified atom stereocenters. The summed E-state index contributed by atoms with van der Waals surface area (Å²) in [7, 11) is 0. The van der Waals surface area contributed by atoms with E-state index in [0.29, 0.717) is 12.3 Å². The fourth-order valence-corrected chi connectivity index (χ4v) is 3.75. The summed E-state index contributed by atoms with van der Waals surface area (Å²) >= 11 is 1.67. The molecule has 2 heterocycles. The van der Waals surface area contributed by atoms with Gasteiger partial charge < -0.3 is 4.90 Å². The van der Waals surface area contributed by atoms with E-state index in [1.54, 1.807) is 11.3 Å². The average molecular weight is 314 g/mol. The number of carbonyl (C=O) groups is 1. The predicted molar refractivity (Wildman–Crippen MR) is 90.1 cm³/mol. The molecule has 0 saturated heterocycles. The maximum absolute atomic E-state index is 12.4. The van der Waals surface area contributed by atoms with Crippen molar-refractivity contribution in [3.8, 4) is 0 Å². The van der Waals surface area contributed by atoms with E-state index in [2.05, 4.69) is 48.5 Å². The molecular weight excluding hydrogens is 292 g/mol. The molecule has 0 saturated carbocycles. The van der Waals surface area contributed by atoms with Crippen LogP contribution in [-0.2, 0) is 24.2 Å². The highest BCUT2D eigenvalue weighted by atomic mass is 32.1. The largest absolute Gasteiger partial charge is 0.338 e. The Morgan fingerprint density at radius 3 is 2.82 bits per heavy atom. The smallest absolute Gasteiger partial charge is 0.223 e. The lowest BCUT2D eigenvalue weighted by Crippen LogP contribution is -2.36. The van der Waals surface area contributed by atoms with Crippen LogP contribution in [0.3, 0.4) is 0 Å². The number of aryl methyl sites for hydroxylation is 1. The van der Waals surface area contributed by atoms with Crippen LogP contribution in [-0.4, -0.2) is 22.3 Å². The van der Waals surface area contributed by atoms with Crippen molar-refractivity contribution in [2.75, 3.05) is 6.54 Å². The molecular formula is C18H22N2OS. The SMILES string of the molecule is CC(C)c1csc(CCC(=O)N2CCc3ccccc3C2)n1. The maximum atomic E-state index is 12.4. The molecule has 0 atom stereocenters. The van der Waals surface area contributed by atoms with Gasteiger partial charge in [-0.05, 0) is 23.5 Å². The highest BCUT2D eigenvalue weighted by Gasteiger charge is 2.20. The van der Waals surface area contributed by atoms with Crippen LogP contribution in [0.4, 0.5) is 0 Å². The first-order valence-electron chi connectivity index (χ1n) is 7.92. The predicted octanol–water partition coefficient (Wildman–Crippen LogP) is 3.78. The standard InChI is InChI=1S/C18H22N2OS/c1-13(2)16-12-22-17(19-16)7-8-18(21)20-10-9-14-5-3-4-6-15(14)11-20/h3-6,12-13H,7-11H2,1-2H3. The van der Waals surface area contributed by atoms with E-state index in [4.69, 9.17) is 0 Å². The van der Waals surface area contributed by atoms with E-state index < -0.39 is 0 Å². The third-order valence-electron chi connectivity index (χ3n) is 4.20. The minimum atomic E-state index is 0.246. The summed E-state index contributed by atoms with van der Waals surface area (Å²) in [5, 5.41) is 3.19. The van der Waals surface area contributed by atoms with E-state index in [1.807, 2.05) is 4.90 Å². The third kappa shape index (κ3) is 3.38. The Morgan fingerprint density at radius 1 is 1.32 bits per heavy atom. The molecule has 22 heavy (non-hydrogen) atoms. The normalized spacial score (nSPS) is 14.2. The second kappa shape index (κ2) is 6.61. The van der Waals surface area contributed by atoms with Crippen molar-refractivity contribution in [3.63, 3.8) is 0 Å². The fourth-order valence-electron chi connectivity index (χ4n) is 2.79. The molecule has 1 amide bonds. The van der Waals surface area contributed by atoms with Gasteiger partial charge in [0.15, 0.2) is 0 Å². The van der Waals surface area contributed by atoms with Gasteiger partial charge in [0.05, 0.1) is 10.7 Å². The lowest BCUT2D eigenvalue weighted by molar-refractivity contribution is -0.132. The number of benzene rings is 1. The Labute approximate surface area is 136 Å². The Balaban J connectivity index is 1.56. The highest BCUT2D eigenvalue weighted by Crippen LogP contribution is 2.21. The zero-order valence-corrected chi connectivity index (χ0v) is 14.0. The van der Waals surface area contributed by atoms with Crippen LogP contribution in [0, 0.1) is 0 Å². The van der Waals surface area contributed by atoms with E-state index in [0.717, 1.165) is 36.6 Å². The second-order valence-electron chi connectivity index (χ2n) is 6.15. The Kier molecular flexibility index (Phi) is 4.57. The van der Waals surface area contributed by atoms with Crippen LogP contribution in [0.5, 0.6) is 0 Å². The minimum absolute atomic E-state index is 0.246. The van der Waals surface area contributed by atoms with Gasteiger partial charge in [-0.25, -0.2) is 4.98 Å². The maximum Gasteiger partial charge on any atom is 0.223 e. The van der Waals surface area contributed by atoms with Gasteiger partial charge >= 0.3 is 0 Å². The molecule has 0 spiro atoms. The molecule has 0 aliphatic carbocycles. The first kappa shape index (κ1) is 15.2. The number of fused-ring (bicyclic) bond motifs is 1. The Bertz CT molecular complexity index is 663. The number of thiazole rings is 1. The van der Waals surface area contributed by atoms with Crippen LogP contribution >= 0.6 is 11.3 Å². The summed E-state index contributed by atoms with van der Waals surface area (Å²) in [5.74, 6) is 0.704. The van der Waals surface area contributed by atoms with Crippen molar-refractivity contribution < 1.29 is 4.79 Å². The summed E-state index contributed by atoms with van der Waals surface area (Å²) in [4.78, 5) is 19.0. The first-order chi connectivity index (χ1) is 10.6. The monoisotopic (exact) mass is 314 g/mol. The topological polar surface area (TPSA) is 33.2 Å². The quantitative estimate of drug-likeness (QED) is 0.860. The Morgan fingerprint density at radius 2 is 2.09 bits per heavy atom. The van der Waals surface area contributed by atoms with E-state index >= 15 is 0 Å². The highest BCUT2D eigenvalue weighted by molar-refractivity contribution is 7.09. The third-order valence-corrected chi connectivity index (χ3v) is 5.12. The molecule has 0 fully saturated rings. The van der Waals surface area contributed by atoms with Gasteiger partial charge in [0.2, 0.25) is 5.91 Å². The van der Waals surface area contributed by atoms with Gasteiger partial charge in [-0.1, -0.05) is 38.1 Å². The lowest BCUT2D eigenvalue weighted by Gasteiger charge is -2.28. The van der Waals surface area contributed by atoms with Crippen molar-refractivity contribution in [3.05, 3.63) is 51.5 Å².